The van der Waals surface area contributed by atoms with Crippen LogP contribution in [-0.2, 0) is 75.4 Å². The molecule has 36 heteroatoms. The number of ether oxygens (including phenoxy) is 4. The van der Waals surface area contributed by atoms with E-state index in [1.165, 1.54) is 25.6 Å². The molecular weight excluding hydrogens is 1240 g/mol. The number of aldehydes is 1. The summed E-state index contributed by atoms with van der Waals surface area (Å²) in [7, 11) is 11.9. The number of piperazine rings is 1. The molecule has 0 bridgehead atoms. The van der Waals surface area contributed by atoms with E-state index in [-0.39, 0.29) is 145 Å². The molecule has 4 rings (SSSR count). The van der Waals surface area contributed by atoms with E-state index in [0.29, 0.717) is 37.6 Å². The summed E-state index contributed by atoms with van der Waals surface area (Å²) in [6.07, 6.45) is -16.8. The third-order valence-electron chi connectivity index (χ3n) is 8.62. The number of Topliss-reactive ketones (excluding diaryl/α,β-unsaturated/α-hetero) is 3. The van der Waals surface area contributed by atoms with E-state index in [1.54, 1.807) is 92.8 Å². The number of oxime groups is 1. The summed E-state index contributed by atoms with van der Waals surface area (Å²) in [5.74, 6) is 1.47. The Morgan fingerprint density at radius 2 is 1.20 bits per heavy atom. The maximum Gasteiger partial charge on any atom is 1.00 e. The fraction of sp³-hybridized carbons (Fsp3) is 0.609. The van der Waals surface area contributed by atoms with Gasteiger partial charge in [-0.2, -0.15) is 64.0 Å². The first-order chi connectivity index (χ1) is 36.4. The van der Waals surface area contributed by atoms with Crippen molar-refractivity contribution in [3.63, 3.8) is 0 Å². The molecule has 3 aromatic heterocycles. The normalized spacial score (nSPS) is 11.2. The van der Waals surface area contributed by atoms with Crippen LogP contribution in [-0.4, -0.2) is 203 Å². The average molecular weight is 1320 g/mol. The van der Waals surface area contributed by atoms with Crippen LogP contribution in [0, 0.1) is 20.8 Å². The van der Waals surface area contributed by atoms with E-state index in [0.717, 1.165) is 34.0 Å². The number of nitrogens with two attached hydrogens (primary N) is 1. The maximum atomic E-state index is 12.5. The summed E-state index contributed by atoms with van der Waals surface area (Å²) in [6, 6.07) is 5.32. The molecule has 0 unspecified atom stereocenters. The summed E-state index contributed by atoms with van der Waals surface area (Å²) >= 11 is 1.65. The van der Waals surface area contributed by atoms with Crippen LogP contribution in [0.3, 0.4) is 0 Å². The van der Waals surface area contributed by atoms with Crippen molar-refractivity contribution in [3.8, 4) is 0 Å². The minimum Gasteiger partial charge on any atom is -1.00 e. The molecule has 3 aromatic rings. The van der Waals surface area contributed by atoms with E-state index in [4.69, 9.17) is 6.07 Å². The Morgan fingerprint density at radius 3 is 1.52 bits per heavy atom. The van der Waals surface area contributed by atoms with Crippen LogP contribution in [0.4, 0.5) is 31.1 Å². The Bertz CT molecular complexity index is 2320. The summed E-state index contributed by atoms with van der Waals surface area (Å²) in [6.45, 7) is 15.0. The molecule has 11 radical (unpaired) electrons. The fourth-order valence-electron chi connectivity index (χ4n) is 5.58. The number of aromatic nitrogens is 6. The molecule has 0 aliphatic carbocycles. The number of halogens is 7. The Labute approximate surface area is 540 Å². The van der Waals surface area contributed by atoms with Crippen LogP contribution in [0.1, 0.15) is 106 Å². The Balaban J connectivity index is -0.000000119. The Morgan fingerprint density at radius 1 is 0.780 bits per heavy atom. The summed E-state index contributed by atoms with van der Waals surface area (Å²) in [5.41, 5.74) is 11.3. The van der Waals surface area contributed by atoms with Crippen LogP contribution in [0.25, 0.3) is 0 Å². The van der Waals surface area contributed by atoms with Crippen molar-refractivity contribution >= 4 is 107 Å². The van der Waals surface area contributed by atoms with Crippen LogP contribution >= 0.6 is 22.4 Å². The molecule has 1 fully saturated rings. The molecule has 82 heavy (non-hydrogen) atoms. The number of nitrogens with zero attached hydrogens (tertiary/aromatic N) is 9. The maximum absolute atomic E-state index is 12.5. The molecule has 24 nitrogen and oxygen atoms in total. The monoisotopic (exact) mass is 1320 g/mol. The number of hydrogen-bond acceptors (Lipinski definition) is 20. The molecule has 4 heterocycles. The number of rotatable bonds is 15. The van der Waals surface area contributed by atoms with Crippen LogP contribution in [0.5, 0.6) is 0 Å². The van der Waals surface area contributed by atoms with Gasteiger partial charge in [0.2, 0.25) is 5.78 Å². The number of carbonyl (C=O) groups excluding carboxylic acids is 8. The predicted octanol–water partition coefficient (Wildman–Crippen LogP) is 1.00. The van der Waals surface area contributed by atoms with Crippen LogP contribution < -0.4 is 62.7 Å². The van der Waals surface area contributed by atoms with E-state index >= 15 is 0 Å². The molecule has 1 aliphatic heterocycles. The summed E-state index contributed by atoms with van der Waals surface area (Å²) in [5, 5.41) is 15.6. The van der Waals surface area contributed by atoms with Gasteiger partial charge in [0.15, 0.2) is 17.7 Å². The number of hydrogen-bond donors (Lipinski definition) is 2. The number of amides is 1. The van der Waals surface area contributed by atoms with Crippen molar-refractivity contribution in [2.75, 3.05) is 60.2 Å². The molecule has 0 atom stereocenters. The summed E-state index contributed by atoms with van der Waals surface area (Å²) < 4.78 is 102. The van der Waals surface area contributed by atoms with Crippen molar-refractivity contribution in [2.45, 2.75) is 108 Å². The number of esters is 3. The van der Waals surface area contributed by atoms with Gasteiger partial charge in [0, 0.05) is 70.7 Å². The first kappa shape index (κ1) is 93.9. The third kappa shape index (κ3) is 42.4. The number of nitrogens with one attached hydrogen (secondary N) is 1. The molecule has 3 N–H and O–H groups in total. The van der Waals surface area contributed by atoms with Crippen LogP contribution in [0.15, 0.2) is 23.4 Å². The number of aryl methyl sites for hydroxylation is 6. The number of alkyl halides is 6. The Kier molecular flexibility index (Phi) is 59.7. The third-order valence-corrected chi connectivity index (χ3v) is 8.62. The molecule has 0 spiro atoms. The molecule has 1 amide bonds. The first-order valence-corrected chi connectivity index (χ1v) is 23.6. The standard InChI is InChI=1S/C14H18F6N4O2.C8H12N2O2.C8H13NO4.C7H10O4.C6H8N2O.CH6N2.2CH4.BI.BH.2B.K/c1-9-7-10(22(2)21-9)8-23-3-5-24(6-4-23)12(25)26-11(13(15,16)17)14(18,19)20;1-4-12-8(11)7-5-6(2)9-10(7)3;1-4-13-8(11)7(9-12-3)5-6(2)10;1-3-11-7(10)6(9)4-5(2)8;1-5-3-6(4-9)8(2)7-5;1-3-2;;;1-2;;;;/h7,11H,3-6,8H2,1-2H3;5H,4H2,1-3H3;4-5H2,1-3H3;3-4H2,1-2H3;3-4H,1-2H3;3H,2H2,1H3;2*1H4;;1H;;;/q;;;;;;;;;;;-1;+1/b;;9-7-;;;;;;;;;;/i;;;;;;;;;1D;;;. The molecule has 1 saturated heterocycles. The largest absolute Gasteiger partial charge is 1.00 e. The first-order valence-electron chi connectivity index (χ1n) is 22.9. The Hall–Kier alpha value is -4.45. The van der Waals surface area contributed by atoms with Gasteiger partial charge in [0.25, 0.3) is 6.10 Å². The minimum absolute atomic E-state index is 0. The number of hydrazine groups is 1. The van der Waals surface area contributed by atoms with Gasteiger partial charge in [-0.25, -0.2) is 19.2 Å². The molecule has 0 aromatic carbocycles. The van der Waals surface area contributed by atoms with Gasteiger partial charge in [0.05, 0.1) is 55.4 Å². The smallest absolute Gasteiger partial charge is 1.00 e. The van der Waals surface area contributed by atoms with Gasteiger partial charge in [-0.05, 0) is 82.0 Å². The van der Waals surface area contributed by atoms with Crippen molar-refractivity contribution in [3.05, 3.63) is 52.4 Å². The topological polar surface area (TPSA) is 293 Å². The van der Waals surface area contributed by atoms with Crippen molar-refractivity contribution in [2.24, 2.45) is 32.1 Å². The predicted molar refractivity (Wildman–Crippen MR) is 303 cm³/mol. The van der Waals surface area contributed by atoms with E-state index in [9.17, 15) is 64.7 Å². The van der Waals surface area contributed by atoms with Crippen molar-refractivity contribution in [1.29, 1.82) is 1.34 Å². The van der Waals surface area contributed by atoms with Gasteiger partial charge >= 0.3 is 87.7 Å². The second-order valence-corrected chi connectivity index (χ2v) is 15.1. The van der Waals surface area contributed by atoms with Crippen molar-refractivity contribution in [1.82, 2.24) is 44.6 Å². The quantitative estimate of drug-likeness (QED) is 0.0183. The van der Waals surface area contributed by atoms with Gasteiger partial charge in [-0.15, -0.1) is 0 Å². The fourth-order valence-corrected chi connectivity index (χ4v) is 5.58. The minimum atomic E-state index is -5.72. The number of carbonyl (C=O) groups is 8. The van der Waals surface area contributed by atoms with Gasteiger partial charge < -0.3 is 37.1 Å². The second-order valence-electron chi connectivity index (χ2n) is 15.1. The molecular formula is C46H76B4F6IKN11O13. The number of ketones is 3. The van der Waals surface area contributed by atoms with E-state index < -0.39 is 42.3 Å². The average Bonchev–Trinajstić information content (AvgIpc) is 4.00. The van der Waals surface area contributed by atoms with Gasteiger partial charge in [-0.3, -0.25) is 49.4 Å². The SMILES string of the molecule is C.C.CCOC(=O)/C(CC(C)=O)=N\OC.CCOC(=O)C(=O)CC(C)=O.CCOC(=O)c1cc(C)nn1C.CNN.Cc1cc(C=O)n(C)n1.Cc1cc(CN2CCN(C(=O)OC(C(F)(F)F)C(F)(F)F)CC2)n(C)n1.[2H][B].[B-].[B].[B]I.[K+]. The molecule has 455 valence electrons. The molecule has 0 saturated carbocycles. The van der Waals surface area contributed by atoms with Crippen LogP contribution in [0.2, 0.25) is 0 Å². The zero-order chi connectivity index (χ0) is 61.5. The van der Waals surface area contributed by atoms with Gasteiger partial charge in [-0.1, -0.05) is 20.0 Å². The van der Waals surface area contributed by atoms with E-state index in [1.807, 2.05) is 31.7 Å². The zero-order valence-corrected chi connectivity index (χ0v) is 52.6. The zero-order valence-electron chi connectivity index (χ0n) is 48.3. The second kappa shape index (κ2) is 52.1. The van der Waals surface area contributed by atoms with Crippen molar-refractivity contribution < 1.29 is 140 Å². The van der Waals surface area contributed by atoms with Gasteiger partial charge in [0.1, 0.15) is 30.1 Å². The van der Waals surface area contributed by atoms with E-state index in [2.05, 4.69) is 64.8 Å². The summed E-state index contributed by atoms with van der Waals surface area (Å²) in [4.78, 5) is 93.6. The molecule has 1 aliphatic rings.